The molecule has 0 aliphatic carbocycles. The summed E-state index contributed by atoms with van der Waals surface area (Å²) in [6.07, 6.45) is 1.61. The molecule has 0 bridgehead atoms. The van der Waals surface area contributed by atoms with Gasteiger partial charge in [0.15, 0.2) is 0 Å². The number of benzene rings is 1. The number of fused-ring (bicyclic) bond motifs is 1. The monoisotopic (exact) mass is 313 g/mol. The minimum absolute atomic E-state index is 0.0795. The molecule has 112 valence electrons. The molecule has 1 atom stereocenters. The molecule has 3 rings (SSSR count). The van der Waals surface area contributed by atoms with Gasteiger partial charge < -0.3 is 5.32 Å². The fraction of sp³-hybridized carbons (Fsp3) is 0.188. The zero-order valence-corrected chi connectivity index (χ0v) is 12.8. The summed E-state index contributed by atoms with van der Waals surface area (Å²) in [5.41, 5.74) is 0.792. The molecule has 3 aromatic rings. The predicted molar refractivity (Wildman–Crippen MR) is 86.9 cm³/mol. The molecular formula is C16H15N3O2S. The molecule has 5 nitrogen and oxygen atoms in total. The SMILES string of the molecule is CC(NC(=O)Cn1ncc2ccsc2c1=O)c1ccccc1. The van der Waals surface area contributed by atoms with Gasteiger partial charge in [0.1, 0.15) is 11.2 Å². The highest BCUT2D eigenvalue weighted by Crippen LogP contribution is 2.14. The second-order valence-electron chi connectivity index (χ2n) is 5.01. The number of hydrogen-bond donors (Lipinski definition) is 1. The number of hydrogen-bond acceptors (Lipinski definition) is 4. The van der Waals surface area contributed by atoms with Gasteiger partial charge in [-0.1, -0.05) is 30.3 Å². The van der Waals surface area contributed by atoms with Crippen LogP contribution in [0.15, 0.2) is 52.8 Å². The van der Waals surface area contributed by atoms with Crippen molar-refractivity contribution in [1.29, 1.82) is 0 Å². The minimum atomic E-state index is -0.234. The molecule has 22 heavy (non-hydrogen) atoms. The Morgan fingerprint density at radius 3 is 2.86 bits per heavy atom. The van der Waals surface area contributed by atoms with Crippen molar-refractivity contribution in [3.05, 3.63) is 63.9 Å². The van der Waals surface area contributed by atoms with Crippen LogP contribution < -0.4 is 10.9 Å². The van der Waals surface area contributed by atoms with Gasteiger partial charge in [0.05, 0.1) is 12.2 Å². The Labute approximate surface area is 131 Å². The Bertz CT molecular complexity index is 854. The molecule has 0 saturated carbocycles. The van der Waals surface area contributed by atoms with Crippen LogP contribution in [-0.2, 0) is 11.3 Å². The lowest BCUT2D eigenvalue weighted by Gasteiger charge is -2.14. The van der Waals surface area contributed by atoms with Gasteiger partial charge in [0.2, 0.25) is 5.91 Å². The van der Waals surface area contributed by atoms with Crippen LogP contribution in [0.2, 0.25) is 0 Å². The first-order chi connectivity index (χ1) is 10.6. The van der Waals surface area contributed by atoms with E-state index in [-0.39, 0.29) is 24.1 Å². The lowest BCUT2D eigenvalue weighted by atomic mass is 10.1. The molecule has 2 heterocycles. The minimum Gasteiger partial charge on any atom is -0.348 e. The molecule has 0 saturated heterocycles. The second-order valence-corrected chi connectivity index (χ2v) is 5.93. The van der Waals surface area contributed by atoms with E-state index in [2.05, 4.69) is 10.4 Å². The van der Waals surface area contributed by atoms with Crippen LogP contribution in [-0.4, -0.2) is 15.7 Å². The lowest BCUT2D eigenvalue weighted by molar-refractivity contribution is -0.122. The second kappa shape index (κ2) is 6.11. The summed E-state index contributed by atoms with van der Waals surface area (Å²) < 4.78 is 1.82. The molecule has 1 amide bonds. The number of thiophene rings is 1. The van der Waals surface area contributed by atoms with Crippen molar-refractivity contribution >= 4 is 27.3 Å². The molecular weight excluding hydrogens is 298 g/mol. The Morgan fingerprint density at radius 1 is 1.32 bits per heavy atom. The van der Waals surface area contributed by atoms with Gasteiger partial charge in [-0.25, -0.2) is 4.68 Å². The van der Waals surface area contributed by atoms with E-state index in [1.807, 2.05) is 48.7 Å². The van der Waals surface area contributed by atoms with Crippen molar-refractivity contribution in [2.24, 2.45) is 0 Å². The molecule has 0 spiro atoms. The average Bonchev–Trinajstić information content (AvgIpc) is 3.00. The van der Waals surface area contributed by atoms with Gasteiger partial charge in [0, 0.05) is 5.39 Å². The zero-order valence-electron chi connectivity index (χ0n) is 12.0. The van der Waals surface area contributed by atoms with E-state index in [4.69, 9.17) is 0 Å². The highest BCUT2D eigenvalue weighted by atomic mass is 32.1. The van der Waals surface area contributed by atoms with E-state index in [1.54, 1.807) is 6.20 Å². The Balaban J connectivity index is 1.73. The summed E-state index contributed by atoms with van der Waals surface area (Å²) in [6.45, 7) is 1.83. The van der Waals surface area contributed by atoms with Crippen molar-refractivity contribution < 1.29 is 4.79 Å². The first-order valence-electron chi connectivity index (χ1n) is 6.93. The van der Waals surface area contributed by atoms with Crippen molar-refractivity contribution in [3.63, 3.8) is 0 Å². The van der Waals surface area contributed by atoms with Crippen LogP contribution in [0.25, 0.3) is 10.1 Å². The topological polar surface area (TPSA) is 64.0 Å². The highest BCUT2D eigenvalue weighted by Gasteiger charge is 2.12. The maximum atomic E-state index is 12.2. The predicted octanol–water partition coefficient (Wildman–Crippen LogP) is 2.34. The first-order valence-corrected chi connectivity index (χ1v) is 7.81. The summed E-state index contributed by atoms with van der Waals surface area (Å²) in [4.78, 5) is 24.3. The summed E-state index contributed by atoms with van der Waals surface area (Å²) in [5.74, 6) is -0.234. The highest BCUT2D eigenvalue weighted by molar-refractivity contribution is 7.17. The maximum absolute atomic E-state index is 12.2. The first kappa shape index (κ1) is 14.5. The number of nitrogens with one attached hydrogen (secondary N) is 1. The normalized spacial score (nSPS) is 12.2. The third-order valence-corrected chi connectivity index (χ3v) is 4.35. The third kappa shape index (κ3) is 2.92. The number of amides is 1. The number of aromatic nitrogens is 2. The molecule has 0 fully saturated rings. The Hall–Kier alpha value is -2.47. The molecule has 6 heteroatoms. The van der Waals surface area contributed by atoms with Crippen LogP contribution in [0, 0.1) is 0 Å². The van der Waals surface area contributed by atoms with Crippen LogP contribution >= 0.6 is 11.3 Å². The van der Waals surface area contributed by atoms with Gasteiger partial charge in [-0.15, -0.1) is 11.3 Å². The van der Waals surface area contributed by atoms with Crippen LogP contribution in [0.4, 0.5) is 0 Å². The summed E-state index contributed by atoms with van der Waals surface area (Å²) in [6, 6.07) is 11.4. The molecule has 0 aliphatic heterocycles. The lowest BCUT2D eigenvalue weighted by Crippen LogP contribution is -2.34. The van der Waals surface area contributed by atoms with Crippen molar-refractivity contribution in [1.82, 2.24) is 15.1 Å². The number of carbonyl (C=O) groups is 1. The van der Waals surface area contributed by atoms with Crippen molar-refractivity contribution in [2.75, 3.05) is 0 Å². The standard InChI is InChI=1S/C16H15N3O2S/c1-11(12-5-3-2-4-6-12)18-14(20)10-19-16(21)15-13(9-17-19)7-8-22-15/h2-9,11H,10H2,1H3,(H,18,20). The largest absolute Gasteiger partial charge is 0.348 e. The fourth-order valence-corrected chi connectivity index (χ4v) is 3.07. The number of carbonyl (C=O) groups excluding carboxylic acids is 1. The van der Waals surface area contributed by atoms with Crippen molar-refractivity contribution in [3.8, 4) is 0 Å². The number of nitrogens with zero attached hydrogens (tertiary/aromatic N) is 2. The molecule has 0 aliphatic rings. The molecule has 1 aromatic carbocycles. The smallest absolute Gasteiger partial charge is 0.285 e. The quantitative estimate of drug-likeness (QED) is 0.804. The zero-order chi connectivity index (χ0) is 15.5. The van der Waals surface area contributed by atoms with Gasteiger partial charge in [-0.3, -0.25) is 9.59 Å². The summed E-state index contributed by atoms with van der Waals surface area (Å²) in [7, 11) is 0. The van der Waals surface area contributed by atoms with E-state index < -0.39 is 0 Å². The summed E-state index contributed by atoms with van der Waals surface area (Å²) in [5, 5.41) is 9.58. The van der Waals surface area contributed by atoms with Crippen LogP contribution in [0.3, 0.4) is 0 Å². The van der Waals surface area contributed by atoms with E-state index in [9.17, 15) is 9.59 Å². The van der Waals surface area contributed by atoms with Gasteiger partial charge in [0.25, 0.3) is 5.56 Å². The van der Waals surface area contributed by atoms with Crippen molar-refractivity contribution in [2.45, 2.75) is 19.5 Å². The Kier molecular flexibility index (Phi) is 4.02. The maximum Gasteiger partial charge on any atom is 0.285 e. The van der Waals surface area contributed by atoms with E-state index in [0.29, 0.717) is 4.70 Å². The van der Waals surface area contributed by atoms with Gasteiger partial charge >= 0.3 is 0 Å². The average molecular weight is 313 g/mol. The third-order valence-electron chi connectivity index (χ3n) is 3.43. The molecule has 2 aromatic heterocycles. The Morgan fingerprint density at radius 2 is 2.09 bits per heavy atom. The van der Waals surface area contributed by atoms with E-state index in [0.717, 1.165) is 10.9 Å². The summed E-state index contributed by atoms with van der Waals surface area (Å²) >= 11 is 1.36. The number of rotatable bonds is 4. The molecule has 0 radical (unpaired) electrons. The molecule has 1 unspecified atom stereocenters. The van der Waals surface area contributed by atoms with E-state index in [1.165, 1.54) is 16.0 Å². The fourth-order valence-electron chi connectivity index (χ4n) is 2.26. The van der Waals surface area contributed by atoms with Gasteiger partial charge in [-0.05, 0) is 23.9 Å². The molecule has 1 N–H and O–H groups in total. The van der Waals surface area contributed by atoms with Crippen LogP contribution in [0.1, 0.15) is 18.5 Å². The van der Waals surface area contributed by atoms with Gasteiger partial charge in [-0.2, -0.15) is 5.10 Å². The van der Waals surface area contributed by atoms with E-state index >= 15 is 0 Å². The van der Waals surface area contributed by atoms with Crippen LogP contribution in [0.5, 0.6) is 0 Å².